The third-order valence-electron chi connectivity index (χ3n) is 3.73. The third-order valence-corrected chi connectivity index (χ3v) is 3.73. The fourth-order valence-electron chi connectivity index (χ4n) is 2.94. The lowest BCUT2D eigenvalue weighted by atomic mass is 9.78. The van der Waals surface area contributed by atoms with Gasteiger partial charge in [-0.2, -0.15) is 0 Å². The number of piperidine rings is 1. The Bertz CT molecular complexity index is 377. The first-order valence-electron chi connectivity index (χ1n) is 5.63. The first-order chi connectivity index (χ1) is 7.30. The molecule has 4 heteroatoms. The van der Waals surface area contributed by atoms with Crippen molar-refractivity contribution in [1.29, 1.82) is 0 Å². The molecule has 1 fully saturated rings. The molecule has 1 aliphatic heterocycles. The number of hydrogen-bond acceptors (Lipinski definition) is 4. The predicted octanol–water partition coefficient (Wildman–Crippen LogP) is 0.626. The van der Waals surface area contributed by atoms with Gasteiger partial charge in [0.05, 0.1) is 5.69 Å². The molecule has 1 aromatic rings. The maximum atomic E-state index is 5.68. The molecule has 0 amide bonds. The number of rotatable bonds is 0. The van der Waals surface area contributed by atoms with Crippen LogP contribution in [0.4, 0.5) is 5.95 Å². The summed E-state index contributed by atoms with van der Waals surface area (Å²) in [5.41, 5.74) is 8.44. The molecule has 0 bridgehead atoms. The maximum absolute atomic E-state index is 5.68. The molecule has 0 aromatic carbocycles. The van der Waals surface area contributed by atoms with Crippen LogP contribution in [-0.2, 0) is 11.8 Å². The van der Waals surface area contributed by atoms with Crippen LogP contribution in [0, 0.1) is 0 Å². The van der Waals surface area contributed by atoms with E-state index in [9.17, 15) is 0 Å². The fourth-order valence-corrected chi connectivity index (χ4v) is 2.94. The van der Waals surface area contributed by atoms with Crippen LogP contribution in [0.3, 0.4) is 0 Å². The quantitative estimate of drug-likeness (QED) is 0.650. The van der Waals surface area contributed by atoms with Gasteiger partial charge in [-0.05, 0) is 37.8 Å². The molecule has 3 N–H and O–H groups in total. The zero-order valence-corrected chi connectivity index (χ0v) is 8.79. The van der Waals surface area contributed by atoms with Crippen molar-refractivity contribution in [3.05, 3.63) is 17.5 Å². The SMILES string of the molecule is Nc1ncc2c(n1)C1(CCCNC1)CC2. The summed E-state index contributed by atoms with van der Waals surface area (Å²) in [4.78, 5) is 8.53. The molecule has 0 radical (unpaired) electrons. The van der Waals surface area contributed by atoms with E-state index in [0.717, 1.165) is 19.5 Å². The van der Waals surface area contributed by atoms with Gasteiger partial charge in [0.1, 0.15) is 0 Å². The van der Waals surface area contributed by atoms with Crippen molar-refractivity contribution in [2.24, 2.45) is 0 Å². The minimum Gasteiger partial charge on any atom is -0.368 e. The normalized spacial score (nSPS) is 29.3. The highest BCUT2D eigenvalue weighted by Gasteiger charge is 2.41. The van der Waals surface area contributed by atoms with Crippen LogP contribution in [0.15, 0.2) is 6.20 Å². The highest BCUT2D eigenvalue weighted by molar-refractivity contribution is 5.36. The topological polar surface area (TPSA) is 63.8 Å². The van der Waals surface area contributed by atoms with E-state index in [0.29, 0.717) is 5.95 Å². The number of fused-ring (bicyclic) bond motifs is 2. The molecule has 4 nitrogen and oxygen atoms in total. The Morgan fingerprint density at radius 3 is 3.13 bits per heavy atom. The van der Waals surface area contributed by atoms with Crippen LogP contribution in [0.2, 0.25) is 0 Å². The van der Waals surface area contributed by atoms with Gasteiger partial charge < -0.3 is 11.1 Å². The van der Waals surface area contributed by atoms with Crippen molar-refractivity contribution in [1.82, 2.24) is 15.3 Å². The highest BCUT2D eigenvalue weighted by atomic mass is 15.0. The van der Waals surface area contributed by atoms with E-state index in [2.05, 4.69) is 15.3 Å². The Hall–Kier alpha value is -1.16. The van der Waals surface area contributed by atoms with Crippen LogP contribution < -0.4 is 11.1 Å². The van der Waals surface area contributed by atoms with E-state index in [1.165, 1.54) is 30.5 Å². The number of nitrogens with one attached hydrogen (secondary N) is 1. The maximum Gasteiger partial charge on any atom is 0.220 e. The number of aromatic nitrogens is 2. The zero-order chi connectivity index (χ0) is 10.3. The molecular weight excluding hydrogens is 188 g/mol. The van der Waals surface area contributed by atoms with Gasteiger partial charge in [-0.1, -0.05) is 0 Å². The largest absolute Gasteiger partial charge is 0.368 e. The first kappa shape index (κ1) is 9.09. The van der Waals surface area contributed by atoms with Crippen LogP contribution in [0.25, 0.3) is 0 Å². The molecule has 1 saturated heterocycles. The summed E-state index contributed by atoms with van der Waals surface area (Å²) in [6, 6.07) is 0. The Morgan fingerprint density at radius 2 is 2.33 bits per heavy atom. The van der Waals surface area contributed by atoms with Gasteiger partial charge >= 0.3 is 0 Å². The Kier molecular flexibility index (Phi) is 1.92. The summed E-state index contributed by atoms with van der Waals surface area (Å²) in [6.45, 7) is 2.19. The highest BCUT2D eigenvalue weighted by Crippen LogP contribution is 2.41. The molecule has 1 aromatic heterocycles. The number of nitrogens with zero attached hydrogens (tertiary/aromatic N) is 2. The van der Waals surface area contributed by atoms with E-state index in [1.54, 1.807) is 0 Å². The molecule has 1 atom stereocenters. The minimum absolute atomic E-state index is 0.255. The summed E-state index contributed by atoms with van der Waals surface area (Å²) >= 11 is 0. The van der Waals surface area contributed by atoms with Crippen molar-refractivity contribution < 1.29 is 0 Å². The van der Waals surface area contributed by atoms with Crippen molar-refractivity contribution in [3.8, 4) is 0 Å². The second-order valence-electron chi connectivity index (χ2n) is 4.66. The molecule has 1 unspecified atom stereocenters. The average Bonchev–Trinajstić information content (AvgIpc) is 2.59. The Balaban J connectivity index is 2.05. The molecule has 0 saturated carbocycles. The van der Waals surface area contributed by atoms with Gasteiger partial charge in [-0.25, -0.2) is 9.97 Å². The van der Waals surface area contributed by atoms with Gasteiger partial charge in [0.15, 0.2) is 0 Å². The number of hydrogen-bond donors (Lipinski definition) is 2. The summed E-state index contributed by atoms with van der Waals surface area (Å²) in [7, 11) is 0. The van der Waals surface area contributed by atoms with Crippen molar-refractivity contribution in [2.45, 2.75) is 31.1 Å². The van der Waals surface area contributed by atoms with Gasteiger partial charge in [-0.15, -0.1) is 0 Å². The lowest BCUT2D eigenvalue weighted by Gasteiger charge is -2.33. The van der Waals surface area contributed by atoms with Crippen LogP contribution in [0.1, 0.15) is 30.5 Å². The van der Waals surface area contributed by atoms with Crippen molar-refractivity contribution >= 4 is 5.95 Å². The Labute approximate surface area is 89.3 Å². The minimum atomic E-state index is 0.255. The average molecular weight is 204 g/mol. The zero-order valence-electron chi connectivity index (χ0n) is 8.79. The second kappa shape index (κ2) is 3.17. The summed E-state index contributed by atoms with van der Waals surface area (Å²) in [5.74, 6) is 0.417. The Morgan fingerprint density at radius 1 is 1.40 bits per heavy atom. The molecule has 80 valence electrons. The van der Waals surface area contributed by atoms with E-state index < -0.39 is 0 Å². The molecule has 2 heterocycles. The standard InChI is InChI=1S/C11H16N4/c12-10-14-6-8-2-4-11(9(8)15-10)3-1-5-13-7-11/h6,13H,1-5,7H2,(H2,12,14,15). The monoisotopic (exact) mass is 204 g/mol. The number of nitrogen functional groups attached to an aromatic ring is 1. The molecule has 1 aliphatic carbocycles. The van der Waals surface area contributed by atoms with E-state index in [1.807, 2.05) is 6.20 Å². The van der Waals surface area contributed by atoms with Gasteiger partial charge in [0.2, 0.25) is 5.95 Å². The molecular formula is C11H16N4. The molecule has 3 rings (SSSR count). The smallest absolute Gasteiger partial charge is 0.220 e. The predicted molar refractivity (Wildman–Crippen MR) is 58.5 cm³/mol. The van der Waals surface area contributed by atoms with Gasteiger partial charge in [-0.3, -0.25) is 0 Å². The van der Waals surface area contributed by atoms with Crippen LogP contribution in [-0.4, -0.2) is 23.1 Å². The summed E-state index contributed by atoms with van der Waals surface area (Å²) in [5, 5.41) is 3.48. The summed E-state index contributed by atoms with van der Waals surface area (Å²) in [6.07, 6.45) is 6.69. The van der Waals surface area contributed by atoms with Crippen LogP contribution in [0.5, 0.6) is 0 Å². The van der Waals surface area contributed by atoms with E-state index in [-0.39, 0.29) is 5.41 Å². The summed E-state index contributed by atoms with van der Waals surface area (Å²) < 4.78 is 0. The molecule has 15 heavy (non-hydrogen) atoms. The van der Waals surface area contributed by atoms with Gasteiger partial charge in [0, 0.05) is 18.2 Å². The third kappa shape index (κ3) is 1.32. The number of aryl methyl sites for hydroxylation is 1. The second-order valence-corrected chi connectivity index (χ2v) is 4.66. The van der Waals surface area contributed by atoms with E-state index in [4.69, 9.17) is 5.73 Å². The lowest BCUT2D eigenvalue weighted by molar-refractivity contribution is 0.305. The molecule has 1 spiro atoms. The fraction of sp³-hybridized carbons (Fsp3) is 0.636. The van der Waals surface area contributed by atoms with E-state index >= 15 is 0 Å². The van der Waals surface area contributed by atoms with Gasteiger partial charge in [0.25, 0.3) is 0 Å². The van der Waals surface area contributed by atoms with Crippen molar-refractivity contribution in [2.75, 3.05) is 18.8 Å². The lowest BCUT2D eigenvalue weighted by Crippen LogP contribution is -2.42. The first-order valence-corrected chi connectivity index (χ1v) is 5.63. The number of nitrogens with two attached hydrogens (primary N) is 1. The van der Waals surface area contributed by atoms with Crippen LogP contribution >= 0.6 is 0 Å². The van der Waals surface area contributed by atoms with Crippen molar-refractivity contribution in [3.63, 3.8) is 0 Å². The molecule has 2 aliphatic rings. The number of anilines is 1.